The van der Waals surface area contributed by atoms with Crippen molar-refractivity contribution in [3.63, 3.8) is 0 Å². The third-order valence-electron chi connectivity index (χ3n) is 3.91. The van der Waals surface area contributed by atoms with Gasteiger partial charge < -0.3 is 19.5 Å². The second kappa shape index (κ2) is 12.2. The van der Waals surface area contributed by atoms with Crippen molar-refractivity contribution in [2.75, 3.05) is 25.6 Å². The van der Waals surface area contributed by atoms with Crippen LogP contribution in [0.3, 0.4) is 0 Å². The molecule has 0 heterocycles. The Bertz CT molecular complexity index is 929. The summed E-state index contributed by atoms with van der Waals surface area (Å²) in [5.41, 5.74) is 1.05. The minimum atomic E-state index is -0.820. The number of hydrogen-bond acceptors (Lipinski definition) is 7. The maximum absolute atomic E-state index is 13.5. The minimum absolute atomic E-state index is 0.0839. The Morgan fingerprint density at radius 1 is 1.03 bits per heavy atom. The van der Waals surface area contributed by atoms with E-state index >= 15 is 0 Å². The van der Waals surface area contributed by atoms with Gasteiger partial charge in [0.05, 0.1) is 30.4 Å². The Morgan fingerprint density at radius 3 is 2.16 bits per heavy atom. The summed E-state index contributed by atoms with van der Waals surface area (Å²) in [6.45, 7) is 3.44. The molecule has 166 valence electrons. The van der Waals surface area contributed by atoms with Gasteiger partial charge in [-0.25, -0.2) is 14.0 Å². The lowest BCUT2D eigenvalue weighted by molar-refractivity contribution is -0.146. The molecule has 0 aliphatic heterocycles. The van der Waals surface area contributed by atoms with E-state index in [1.807, 2.05) is 24.3 Å². The van der Waals surface area contributed by atoms with Crippen molar-refractivity contribution >= 4 is 41.0 Å². The number of ether oxygens (including phenoxy) is 3. The molecule has 0 saturated carbocycles. The first-order valence-electron chi connectivity index (χ1n) is 9.45. The van der Waals surface area contributed by atoms with Gasteiger partial charge in [-0.1, -0.05) is 23.7 Å². The van der Waals surface area contributed by atoms with E-state index in [0.717, 1.165) is 5.56 Å². The third kappa shape index (κ3) is 7.18. The quantitative estimate of drug-likeness (QED) is 0.223. The number of nitrogens with one attached hydrogen (secondary N) is 1. The zero-order valence-corrected chi connectivity index (χ0v) is 18.9. The molecule has 0 unspecified atom stereocenters. The van der Waals surface area contributed by atoms with Crippen LogP contribution >= 0.6 is 23.4 Å². The summed E-state index contributed by atoms with van der Waals surface area (Å²) in [6.07, 6.45) is 0. The smallest absolute Gasteiger partial charge is 0.348 e. The number of benzene rings is 2. The van der Waals surface area contributed by atoms with Crippen LogP contribution in [0.2, 0.25) is 5.02 Å². The first kappa shape index (κ1) is 24.6. The number of esters is 2. The summed E-state index contributed by atoms with van der Waals surface area (Å²) in [5, 5.41) is 3.09. The highest BCUT2D eigenvalue weighted by Gasteiger charge is 2.27. The number of halogens is 2. The Morgan fingerprint density at radius 2 is 1.65 bits per heavy atom. The molecule has 0 radical (unpaired) electrons. The minimum Gasteiger partial charge on any atom is -0.497 e. The standard InChI is InChI=1S/C22H23ClFNO5S/c1-4-29-21(26)19(22(27)30-5-2)20(25-15-8-11-18(24)17(23)12-15)31-13-14-6-9-16(28-3)10-7-14/h6-12,25H,4-5,13H2,1-3H3. The van der Waals surface area contributed by atoms with Crippen molar-refractivity contribution in [1.29, 1.82) is 0 Å². The lowest BCUT2D eigenvalue weighted by Gasteiger charge is -2.16. The van der Waals surface area contributed by atoms with Crippen LogP contribution in [-0.4, -0.2) is 32.3 Å². The van der Waals surface area contributed by atoms with Crippen molar-refractivity contribution in [2.24, 2.45) is 0 Å². The van der Waals surface area contributed by atoms with E-state index in [1.54, 1.807) is 21.0 Å². The Hall–Kier alpha value is -2.71. The maximum atomic E-state index is 13.5. The Labute approximate surface area is 189 Å². The molecule has 0 aliphatic rings. The molecule has 2 aromatic carbocycles. The first-order chi connectivity index (χ1) is 14.9. The fourth-order valence-electron chi connectivity index (χ4n) is 2.43. The molecule has 0 saturated heterocycles. The monoisotopic (exact) mass is 467 g/mol. The number of thioether (sulfide) groups is 1. The van der Waals surface area contributed by atoms with Crippen LogP contribution in [0.15, 0.2) is 53.1 Å². The molecule has 0 amide bonds. The van der Waals surface area contributed by atoms with Crippen LogP contribution in [0, 0.1) is 5.82 Å². The zero-order valence-electron chi connectivity index (χ0n) is 17.4. The molecule has 0 aliphatic carbocycles. The van der Waals surface area contributed by atoms with E-state index in [9.17, 15) is 14.0 Å². The molecule has 0 spiro atoms. The van der Waals surface area contributed by atoms with Gasteiger partial charge in [-0.15, -0.1) is 11.8 Å². The molecular formula is C22H23ClFNO5S. The van der Waals surface area contributed by atoms with Gasteiger partial charge in [0.15, 0.2) is 5.57 Å². The molecule has 1 N–H and O–H groups in total. The predicted octanol–water partition coefficient (Wildman–Crippen LogP) is 5.17. The lowest BCUT2D eigenvalue weighted by atomic mass is 10.2. The van der Waals surface area contributed by atoms with Crippen LogP contribution in [0.25, 0.3) is 0 Å². The van der Waals surface area contributed by atoms with E-state index in [4.69, 9.17) is 25.8 Å². The van der Waals surface area contributed by atoms with Crippen molar-refractivity contribution in [3.8, 4) is 5.75 Å². The van der Waals surface area contributed by atoms with Crippen LogP contribution < -0.4 is 10.1 Å². The van der Waals surface area contributed by atoms with E-state index in [2.05, 4.69) is 5.32 Å². The number of carbonyl (C=O) groups excluding carboxylic acids is 2. The molecule has 2 aromatic rings. The number of anilines is 1. The second-order valence-electron chi connectivity index (χ2n) is 6.04. The van der Waals surface area contributed by atoms with Crippen molar-refractivity contribution in [2.45, 2.75) is 19.6 Å². The van der Waals surface area contributed by atoms with Crippen molar-refractivity contribution in [3.05, 3.63) is 69.5 Å². The fourth-order valence-corrected chi connectivity index (χ4v) is 3.61. The summed E-state index contributed by atoms with van der Waals surface area (Å²) in [6, 6.07) is 11.3. The normalized spacial score (nSPS) is 10.2. The van der Waals surface area contributed by atoms with Gasteiger partial charge in [-0.05, 0) is 49.7 Å². The average Bonchev–Trinajstić information content (AvgIpc) is 2.75. The molecule has 9 heteroatoms. The van der Waals surface area contributed by atoms with Gasteiger partial charge >= 0.3 is 11.9 Å². The Balaban J connectivity index is 2.42. The van der Waals surface area contributed by atoms with Crippen LogP contribution in [0.4, 0.5) is 10.1 Å². The van der Waals surface area contributed by atoms with E-state index in [1.165, 1.54) is 30.0 Å². The second-order valence-corrected chi connectivity index (χ2v) is 7.43. The molecule has 6 nitrogen and oxygen atoms in total. The average molecular weight is 468 g/mol. The maximum Gasteiger partial charge on any atom is 0.348 e. The molecule has 0 aromatic heterocycles. The van der Waals surface area contributed by atoms with E-state index in [0.29, 0.717) is 17.2 Å². The summed E-state index contributed by atoms with van der Waals surface area (Å²) in [4.78, 5) is 25.1. The zero-order chi connectivity index (χ0) is 22.8. The number of rotatable bonds is 10. The van der Waals surface area contributed by atoms with Crippen LogP contribution in [0.5, 0.6) is 5.75 Å². The molecule has 0 fully saturated rings. The Kier molecular flexibility index (Phi) is 9.68. The summed E-state index contributed by atoms with van der Waals surface area (Å²) in [5.74, 6) is -1.09. The van der Waals surface area contributed by atoms with E-state index < -0.39 is 17.8 Å². The van der Waals surface area contributed by atoms with Crippen molar-refractivity contribution < 1.29 is 28.2 Å². The molecule has 0 bridgehead atoms. The van der Waals surface area contributed by atoms with Crippen molar-refractivity contribution in [1.82, 2.24) is 0 Å². The number of carbonyl (C=O) groups is 2. The van der Waals surface area contributed by atoms with Gasteiger partial charge in [-0.3, -0.25) is 0 Å². The van der Waals surface area contributed by atoms with Gasteiger partial charge in [0.25, 0.3) is 0 Å². The predicted molar refractivity (Wildman–Crippen MR) is 120 cm³/mol. The summed E-state index contributed by atoms with van der Waals surface area (Å²) >= 11 is 7.07. The van der Waals surface area contributed by atoms with E-state index in [-0.39, 0.29) is 28.8 Å². The highest BCUT2D eigenvalue weighted by Crippen LogP contribution is 2.30. The molecule has 31 heavy (non-hydrogen) atoms. The molecule has 0 atom stereocenters. The lowest BCUT2D eigenvalue weighted by Crippen LogP contribution is -2.22. The van der Waals surface area contributed by atoms with Crippen LogP contribution in [0.1, 0.15) is 19.4 Å². The van der Waals surface area contributed by atoms with Gasteiger partial charge in [0, 0.05) is 11.4 Å². The van der Waals surface area contributed by atoms with Gasteiger partial charge in [0.1, 0.15) is 11.6 Å². The van der Waals surface area contributed by atoms with Gasteiger partial charge in [0.2, 0.25) is 0 Å². The largest absolute Gasteiger partial charge is 0.497 e. The summed E-state index contributed by atoms with van der Waals surface area (Å²) < 4.78 is 28.8. The summed E-state index contributed by atoms with van der Waals surface area (Å²) in [7, 11) is 1.58. The number of methoxy groups -OCH3 is 1. The molecule has 2 rings (SSSR count). The third-order valence-corrected chi connectivity index (χ3v) is 5.27. The fraction of sp³-hybridized carbons (Fsp3) is 0.273. The highest BCUT2D eigenvalue weighted by molar-refractivity contribution is 8.02. The number of hydrogen-bond donors (Lipinski definition) is 1. The molecular weight excluding hydrogens is 445 g/mol. The first-order valence-corrected chi connectivity index (χ1v) is 10.8. The highest BCUT2D eigenvalue weighted by atomic mass is 35.5. The topological polar surface area (TPSA) is 73.9 Å². The van der Waals surface area contributed by atoms with Gasteiger partial charge in [-0.2, -0.15) is 0 Å². The SMILES string of the molecule is CCOC(=O)C(C(=O)OCC)=C(Nc1ccc(F)c(Cl)c1)SCc1ccc(OC)cc1. The van der Waals surface area contributed by atoms with Crippen LogP contribution in [-0.2, 0) is 24.8 Å².